The van der Waals surface area contributed by atoms with Gasteiger partial charge in [0.25, 0.3) is 0 Å². The average molecular weight is 262 g/mol. The molecule has 0 saturated carbocycles. The van der Waals surface area contributed by atoms with Gasteiger partial charge in [0.2, 0.25) is 0 Å². The van der Waals surface area contributed by atoms with Crippen LogP contribution < -0.4 is 5.32 Å². The number of likely N-dealkylation sites (tertiary alicyclic amines) is 1. The van der Waals surface area contributed by atoms with Gasteiger partial charge in [0.15, 0.2) is 0 Å². The van der Waals surface area contributed by atoms with E-state index in [0.29, 0.717) is 5.75 Å². The Bertz CT molecular complexity index is 364. The maximum atomic E-state index is 9.30. The lowest BCUT2D eigenvalue weighted by atomic mass is 9.97. The maximum Gasteiger partial charge on any atom is 0.115 e. The zero-order chi connectivity index (χ0) is 13.5. The Labute approximate surface area is 116 Å². The van der Waals surface area contributed by atoms with Gasteiger partial charge in [-0.05, 0) is 62.5 Å². The topological polar surface area (TPSA) is 35.5 Å². The van der Waals surface area contributed by atoms with Crippen molar-refractivity contribution in [3.63, 3.8) is 0 Å². The van der Waals surface area contributed by atoms with Crippen LogP contribution in [0.3, 0.4) is 0 Å². The minimum Gasteiger partial charge on any atom is -0.508 e. The van der Waals surface area contributed by atoms with E-state index >= 15 is 0 Å². The second-order valence-corrected chi connectivity index (χ2v) is 5.61. The van der Waals surface area contributed by atoms with Crippen molar-refractivity contribution >= 4 is 0 Å². The Hall–Kier alpha value is -1.06. The lowest BCUT2D eigenvalue weighted by Crippen LogP contribution is -2.39. The van der Waals surface area contributed by atoms with Crippen LogP contribution in [-0.2, 0) is 6.54 Å². The molecule has 2 rings (SSSR count). The molecule has 0 aliphatic carbocycles. The first-order valence-corrected chi connectivity index (χ1v) is 7.49. The van der Waals surface area contributed by atoms with E-state index in [1.54, 1.807) is 12.1 Å². The molecule has 2 N–H and O–H groups in total. The highest BCUT2D eigenvalue weighted by atomic mass is 16.3. The highest BCUT2D eigenvalue weighted by molar-refractivity contribution is 5.25. The van der Waals surface area contributed by atoms with E-state index in [2.05, 4.69) is 17.1 Å². The third-order valence-electron chi connectivity index (χ3n) is 3.81. The molecule has 0 amide bonds. The zero-order valence-electron chi connectivity index (χ0n) is 11.9. The van der Waals surface area contributed by atoms with Crippen molar-refractivity contribution in [1.82, 2.24) is 10.2 Å². The molecule has 1 aliphatic rings. The van der Waals surface area contributed by atoms with Gasteiger partial charge in [-0.15, -0.1) is 0 Å². The van der Waals surface area contributed by atoms with Crippen LogP contribution in [0.2, 0.25) is 0 Å². The Kier molecular flexibility index (Phi) is 5.67. The second-order valence-electron chi connectivity index (χ2n) is 5.61. The van der Waals surface area contributed by atoms with Crippen LogP contribution in [0.25, 0.3) is 0 Å². The van der Waals surface area contributed by atoms with Crippen LogP contribution in [-0.4, -0.2) is 36.2 Å². The predicted molar refractivity (Wildman–Crippen MR) is 79.3 cm³/mol. The van der Waals surface area contributed by atoms with Crippen LogP contribution in [0.1, 0.15) is 31.7 Å². The van der Waals surface area contributed by atoms with Gasteiger partial charge in [-0.25, -0.2) is 0 Å². The molecular formula is C16H26N2O. The fraction of sp³-hybridized carbons (Fsp3) is 0.625. The van der Waals surface area contributed by atoms with Crippen molar-refractivity contribution in [1.29, 1.82) is 0 Å². The van der Waals surface area contributed by atoms with Crippen LogP contribution in [0.15, 0.2) is 24.3 Å². The van der Waals surface area contributed by atoms with Crippen LogP contribution >= 0.6 is 0 Å². The molecule has 1 atom stereocenters. The van der Waals surface area contributed by atoms with Crippen molar-refractivity contribution < 1.29 is 5.11 Å². The molecule has 0 bridgehead atoms. The first-order chi connectivity index (χ1) is 9.28. The summed E-state index contributed by atoms with van der Waals surface area (Å²) < 4.78 is 0. The van der Waals surface area contributed by atoms with Crippen molar-refractivity contribution in [2.75, 3.05) is 26.2 Å². The largest absolute Gasteiger partial charge is 0.508 e. The molecule has 0 radical (unpaired) electrons. The van der Waals surface area contributed by atoms with E-state index in [1.165, 1.54) is 37.9 Å². The van der Waals surface area contributed by atoms with Gasteiger partial charge < -0.3 is 10.4 Å². The smallest absolute Gasteiger partial charge is 0.115 e. The third-order valence-corrected chi connectivity index (χ3v) is 3.81. The Balaban J connectivity index is 1.78. The van der Waals surface area contributed by atoms with Gasteiger partial charge in [0.1, 0.15) is 5.75 Å². The number of piperidine rings is 1. The van der Waals surface area contributed by atoms with E-state index in [4.69, 9.17) is 0 Å². The molecule has 0 spiro atoms. The molecule has 19 heavy (non-hydrogen) atoms. The quantitative estimate of drug-likeness (QED) is 0.774. The minimum absolute atomic E-state index is 0.351. The van der Waals surface area contributed by atoms with E-state index in [1.807, 2.05) is 12.1 Å². The summed E-state index contributed by atoms with van der Waals surface area (Å²) in [7, 11) is 0. The SMILES string of the molecule is CCCNCC1CCCN(Cc2ccc(O)cc2)C1. The molecule has 1 aromatic carbocycles. The molecule has 1 saturated heterocycles. The highest BCUT2D eigenvalue weighted by Gasteiger charge is 2.19. The van der Waals surface area contributed by atoms with Crippen molar-refractivity contribution in [2.45, 2.75) is 32.7 Å². The number of rotatable bonds is 6. The highest BCUT2D eigenvalue weighted by Crippen LogP contribution is 2.19. The van der Waals surface area contributed by atoms with Gasteiger partial charge in [0, 0.05) is 13.1 Å². The van der Waals surface area contributed by atoms with Gasteiger partial charge in [-0.2, -0.15) is 0 Å². The van der Waals surface area contributed by atoms with Crippen LogP contribution in [0.5, 0.6) is 5.75 Å². The molecule has 3 heteroatoms. The second kappa shape index (κ2) is 7.51. The standard InChI is InChI=1S/C16H26N2O/c1-2-9-17-11-15-4-3-10-18(13-15)12-14-5-7-16(19)8-6-14/h5-8,15,17,19H,2-4,9-13H2,1H3. The summed E-state index contributed by atoms with van der Waals surface area (Å²) in [5.74, 6) is 1.14. The molecule has 106 valence electrons. The summed E-state index contributed by atoms with van der Waals surface area (Å²) in [5.41, 5.74) is 1.29. The Morgan fingerprint density at radius 1 is 1.32 bits per heavy atom. The summed E-state index contributed by atoms with van der Waals surface area (Å²) in [4.78, 5) is 2.54. The number of benzene rings is 1. The number of phenolic OH excluding ortho intramolecular Hbond substituents is 1. The molecular weight excluding hydrogens is 236 g/mol. The Morgan fingerprint density at radius 2 is 2.11 bits per heavy atom. The van der Waals surface area contributed by atoms with Gasteiger partial charge in [-0.3, -0.25) is 4.90 Å². The van der Waals surface area contributed by atoms with E-state index in [9.17, 15) is 5.11 Å². The number of nitrogens with one attached hydrogen (secondary N) is 1. The molecule has 1 fully saturated rings. The lowest BCUT2D eigenvalue weighted by Gasteiger charge is -2.33. The summed E-state index contributed by atoms with van der Waals surface area (Å²) in [5, 5.41) is 12.8. The number of phenols is 1. The fourth-order valence-corrected chi connectivity index (χ4v) is 2.80. The lowest BCUT2D eigenvalue weighted by molar-refractivity contribution is 0.165. The minimum atomic E-state index is 0.351. The molecule has 3 nitrogen and oxygen atoms in total. The average Bonchev–Trinajstić information content (AvgIpc) is 2.42. The molecule has 0 aromatic heterocycles. The van der Waals surface area contributed by atoms with Crippen LogP contribution in [0.4, 0.5) is 0 Å². The fourth-order valence-electron chi connectivity index (χ4n) is 2.80. The summed E-state index contributed by atoms with van der Waals surface area (Å²) in [6.45, 7) is 7.90. The number of aromatic hydroxyl groups is 1. The summed E-state index contributed by atoms with van der Waals surface area (Å²) in [6, 6.07) is 7.60. The van der Waals surface area contributed by atoms with E-state index in [0.717, 1.165) is 25.6 Å². The molecule has 1 heterocycles. The van der Waals surface area contributed by atoms with E-state index in [-0.39, 0.29) is 0 Å². The number of hydrogen-bond donors (Lipinski definition) is 2. The molecule has 1 unspecified atom stereocenters. The number of nitrogens with zero attached hydrogens (tertiary/aromatic N) is 1. The third kappa shape index (κ3) is 4.84. The van der Waals surface area contributed by atoms with Crippen molar-refractivity contribution in [3.05, 3.63) is 29.8 Å². The number of hydrogen-bond acceptors (Lipinski definition) is 3. The van der Waals surface area contributed by atoms with Crippen molar-refractivity contribution in [3.8, 4) is 5.75 Å². The molecule has 1 aromatic rings. The van der Waals surface area contributed by atoms with Gasteiger partial charge in [0.05, 0.1) is 0 Å². The Morgan fingerprint density at radius 3 is 2.84 bits per heavy atom. The first kappa shape index (κ1) is 14.4. The summed E-state index contributed by atoms with van der Waals surface area (Å²) in [6.07, 6.45) is 3.86. The molecule has 1 aliphatic heterocycles. The zero-order valence-corrected chi connectivity index (χ0v) is 11.9. The first-order valence-electron chi connectivity index (χ1n) is 7.49. The van der Waals surface area contributed by atoms with Gasteiger partial charge in [-0.1, -0.05) is 19.1 Å². The normalized spacial score (nSPS) is 20.6. The van der Waals surface area contributed by atoms with Crippen molar-refractivity contribution in [2.24, 2.45) is 5.92 Å². The van der Waals surface area contributed by atoms with E-state index < -0.39 is 0 Å². The van der Waals surface area contributed by atoms with Crippen LogP contribution in [0, 0.1) is 5.92 Å². The predicted octanol–water partition coefficient (Wildman–Crippen LogP) is 2.60. The monoisotopic (exact) mass is 262 g/mol. The maximum absolute atomic E-state index is 9.30. The summed E-state index contributed by atoms with van der Waals surface area (Å²) >= 11 is 0. The van der Waals surface area contributed by atoms with Gasteiger partial charge >= 0.3 is 0 Å².